The first-order chi connectivity index (χ1) is 12.1. The lowest BCUT2D eigenvalue weighted by atomic mass is 9.86. The molecule has 2 N–H and O–H groups in total. The molecule has 3 rings (SSSR count). The van der Waals surface area contributed by atoms with Gasteiger partial charge in [-0.25, -0.2) is 9.78 Å². The van der Waals surface area contributed by atoms with Crippen molar-refractivity contribution in [2.75, 3.05) is 6.54 Å². The van der Waals surface area contributed by atoms with Crippen LogP contribution in [-0.2, 0) is 11.3 Å². The molecule has 0 spiro atoms. The van der Waals surface area contributed by atoms with Gasteiger partial charge in [-0.3, -0.25) is 4.79 Å². The Morgan fingerprint density at radius 3 is 2.68 bits per heavy atom. The number of hydrogen-bond donors (Lipinski definition) is 2. The number of piperidine rings is 1. The van der Waals surface area contributed by atoms with E-state index in [1.165, 1.54) is 0 Å². The smallest absolute Gasteiger partial charge is 0.318 e. The van der Waals surface area contributed by atoms with Crippen molar-refractivity contribution in [3.63, 3.8) is 0 Å². The monoisotopic (exact) mass is 348 g/mol. The standard InChI is InChI=1S/C18H28N4O3/c1-2-21-12-10-19-16(21)15-5-3-4-11-22(15)18(25)20-14-8-6-13(7-9-14)17(23)24/h10,12-15H,2-9,11H2,1H3,(H,20,25)(H,23,24). The quantitative estimate of drug-likeness (QED) is 0.876. The van der Waals surface area contributed by atoms with Gasteiger partial charge < -0.3 is 19.9 Å². The number of nitrogens with one attached hydrogen (secondary N) is 1. The summed E-state index contributed by atoms with van der Waals surface area (Å²) in [6.07, 6.45) is 9.60. The molecule has 1 aliphatic carbocycles. The summed E-state index contributed by atoms with van der Waals surface area (Å²) in [7, 11) is 0. The van der Waals surface area contributed by atoms with E-state index < -0.39 is 5.97 Å². The van der Waals surface area contributed by atoms with E-state index in [-0.39, 0.29) is 24.0 Å². The van der Waals surface area contributed by atoms with Crippen molar-refractivity contribution in [1.82, 2.24) is 19.8 Å². The van der Waals surface area contributed by atoms with Crippen LogP contribution < -0.4 is 5.32 Å². The number of aryl methyl sites for hydroxylation is 1. The van der Waals surface area contributed by atoms with E-state index >= 15 is 0 Å². The normalized spacial score (nSPS) is 27.1. The van der Waals surface area contributed by atoms with Gasteiger partial charge in [-0.1, -0.05) is 0 Å². The minimum atomic E-state index is -0.715. The Morgan fingerprint density at radius 1 is 1.24 bits per heavy atom. The highest BCUT2D eigenvalue weighted by molar-refractivity contribution is 5.75. The summed E-state index contributed by atoms with van der Waals surface area (Å²) < 4.78 is 2.11. The summed E-state index contributed by atoms with van der Waals surface area (Å²) in [6.45, 7) is 3.68. The number of carboxylic acid groups (broad SMARTS) is 1. The molecule has 0 bridgehead atoms. The van der Waals surface area contributed by atoms with Gasteiger partial charge in [-0.15, -0.1) is 0 Å². The summed E-state index contributed by atoms with van der Waals surface area (Å²) in [4.78, 5) is 30.3. The van der Waals surface area contributed by atoms with E-state index in [9.17, 15) is 9.59 Å². The first-order valence-electron chi connectivity index (χ1n) is 9.41. The van der Waals surface area contributed by atoms with Gasteiger partial charge in [0.1, 0.15) is 5.82 Å². The van der Waals surface area contributed by atoms with E-state index in [4.69, 9.17) is 5.11 Å². The Balaban J connectivity index is 1.63. The molecule has 1 saturated heterocycles. The zero-order chi connectivity index (χ0) is 17.8. The Labute approximate surface area is 148 Å². The van der Waals surface area contributed by atoms with Crippen molar-refractivity contribution in [2.45, 2.75) is 70.5 Å². The molecular weight excluding hydrogens is 320 g/mol. The van der Waals surface area contributed by atoms with Gasteiger partial charge in [0.15, 0.2) is 0 Å². The number of aromatic nitrogens is 2. The average molecular weight is 348 g/mol. The number of aliphatic carboxylic acids is 1. The van der Waals surface area contributed by atoms with Gasteiger partial charge in [0.25, 0.3) is 0 Å². The van der Waals surface area contributed by atoms with Crippen molar-refractivity contribution in [3.8, 4) is 0 Å². The highest BCUT2D eigenvalue weighted by Crippen LogP contribution is 2.31. The number of likely N-dealkylation sites (tertiary alicyclic amines) is 1. The maximum absolute atomic E-state index is 12.8. The molecular formula is C18H28N4O3. The molecule has 0 aromatic carbocycles. The van der Waals surface area contributed by atoms with Gasteiger partial charge in [-0.05, 0) is 51.9 Å². The molecule has 1 aliphatic heterocycles. The highest BCUT2D eigenvalue weighted by Gasteiger charge is 2.33. The molecule has 2 aliphatic rings. The molecule has 1 aromatic heterocycles. The third-order valence-electron chi connectivity index (χ3n) is 5.55. The molecule has 138 valence electrons. The van der Waals surface area contributed by atoms with Crippen molar-refractivity contribution in [3.05, 3.63) is 18.2 Å². The summed E-state index contributed by atoms with van der Waals surface area (Å²) in [5.74, 6) is -0.00729. The Bertz CT molecular complexity index is 607. The van der Waals surface area contributed by atoms with Crippen LogP contribution >= 0.6 is 0 Å². The zero-order valence-electron chi connectivity index (χ0n) is 14.9. The predicted octanol–water partition coefficient (Wildman–Crippen LogP) is 2.78. The molecule has 25 heavy (non-hydrogen) atoms. The molecule has 1 unspecified atom stereocenters. The number of carbonyl (C=O) groups excluding carboxylic acids is 1. The van der Waals surface area contributed by atoms with Crippen molar-refractivity contribution in [2.24, 2.45) is 5.92 Å². The van der Waals surface area contributed by atoms with Crippen LogP contribution in [0.25, 0.3) is 0 Å². The maximum Gasteiger partial charge on any atom is 0.318 e. The van der Waals surface area contributed by atoms with Crippen LogP contribution in [0, 0.1) is 5.92 Å². The number of carboxylic acids is 1. The lowest BCUT2D eigenvalue weighted by molar-refractivity contribution is -0.142. The zero-order valence-corrected chi connectivity index (χ0v) is 14.9. The molecule has 1 atom stereocenters. The van der Waals surface area contributed by atoms with Gasteiger partial charge in [0.2, 0.25) is 0 Å². The van der Waals surface area contributed by atoms with Gasteiger partial charge in [0, 0.05) is 31.5 Å². The number of rotatable bonds is 4. The summed E-state index contributed by atoms with van der Waals surface area (Å²) in [5.41, 5.74) is 0. The maximum atomic E-state index is 12.8. The van der Waals surface area contributed by atoms with Crippen LogP contribution in [0.15, 0.2) is 12.4 Å². The van der Waals surface area contributed by atoms with E-state index in [2.05, 4.69) is 21.8 Å². The average Bonchev–Trinajstić information content (AvgIpc) is 3.10. The molecule has 2 amide bonds. The van der Waals surface area contributed by atoms with Crippen LogP contribution in [-0.4, -0.2) is 44.1 Å². The van der Waals surface area contributed by atoms with Crippen LogP contribution in [0.3, 0.4) is 0 Å². The Hall–Kier alpha value is -2.05. The highest BCUT2D eigenvalue weighted by atomic mass is 16.4. The summed E-state index contributed by atoms with van der Waals surface area (Å²) >= 11 is 0. The minimum Gasteiger partial charge on any atom is -0.481 e. The lowest BCUT2D eigenvalue weighted by Gasteiger charge is -2.37. The van der Waals surface area contributed by atoms with Crippen molar-refractivity contribution in [1.29, 1.82) is 0 Å². The SMILES string of the molecule is CCn1ccnc1C1CCCCN1C(=O)NC1CCC(C(=O)O)CC1. The second-order valence-electron chi connectivity index (χ2n) is 7.11. The largest absolute Gasteiger partial charge is 0.481 e. The van der Waals surface area contributed by atoms with Crippen LogP contribution in [0.5, 0.6) is 0 Å². The van der Waals surface area contributed by atoms with Crippen molar-refractivity contribution >= 4 is 12.0 Å². The fourth-order valence-electron chi connectivity index (χ4n) is 4.07. The number of nitrogens with zero attached hydrogens (tertiary/aromatic N) is 3. The van der Waals surface area contributed by atoms with Crippen LogP contribution in [0.1, 0.15) is 63.7 Å². The van der Waals surface area contributed by atoms with E-state index in [1.807, 2.05) is 11.1 Å². The van der Waals surface area contributed by atoms with Crippen LogP contribution in [0.4, 0.5) is 4.79 Å². The Kier molecular flexibility index (Phi) is 5.60. The van der Waals surface area contributed by atoms with Gasteiger partial charge >= 0.3 is 12.0 Å². The van der Waals surface area contributed by atoms with Crippen molar-refractivity contribution < 1.29 is 14.7 Å². The number of hydrogen-bond acceptors (Lipinski definition) is 3. The van der Waals surface area contributed by atoms with Gasteiger partial charge in [0.05, 0.1) is 12.0 Å². The fourth-order valence-corrected chi connectivity index (χ4v) is 4.07. The molecule has 7 heteroatoms. The van der Waals surface area contributed by atoms with Gasteiger partial charge in [-0.2, -0.15) is 0 Å². The minimum absolute atomic E-state index is 0.0269. The fraction of sp³-hybridized carbons (Fsp3) is 0.722. The predicted molar refractivity (Wildman–Crippen MR) is 93.1 cm³/mol. The lowest BCUT2D eigenvalue weighted by Crippen LogP contribution is -2.49. The third kappa shape index (κ3) is 3.96. The van der Waals surface area contributed by atoms with E-state index in [0.717, 1.165) is 51.0 Å². The molecule has 2 heterocycles. The molecule has 0 radical (unpaired) electrons. The molecule has 7 nitrogen and oxygen atoms in total. The second-order valence-corrected chi connectivity index (χ2v) is 7.11. The second kappa shape index (κ2) is 7.89. The number of carbonyl (C=O) groups is 2. The first-order valence-corrected chi connectivity index (χ1v) is 9.41. The molecule has 2 fully saturated rings. The number of imidazole rings is 1. The number of amides is 2. The van der Waals surface area contributed by atoms with E-state index in [0.29, 0.717) is 12.8 Å². The summed E-state index contributed by atoms with van der Waals surface area (Å²) in [5, 5.41) is 12.2. The number of urea groups is 1. The molecule has 1 saturated carbocycles. The summed E-state index contributed by atoms with van der Waals surface area (Å²) in [6, 6.07) is 0.0739. The van der Waals surface area contributed by atoms with E-state index in [1.54, 1.807) is 6.20 Å². The molecule has 1 aromatic rings. The van der Waals surface area contributed by atoms with Crippen LogP contribution in [0.2, 0.25) is 0 Å². The first kappa shape index (κ1) is 17.8. The topological polar surface area (TPSA) is 87.5 Å². The Morgan fingerprint density at radius 2 is 2.00 bits per heavy atom. The third-order valence-corrected chi connectivity index (χ3v) is 5.55.